The lowest BCUT2D eigenvalue weighted by Gasteiger charge is -2.08. The summed E-state index contributed by atoms with van der Waals surface area (Å²) in [5.41, 5.74) is 1.94. The van der Waals surface area contributed by atoms with Crippen LogP contribution in [-0.2, 0) is 0 Å². The normalized spacial score (nSPS) is 10.8. The van der Waals surface area contributed by atoms with Gasteiger partial charge in [0.05, 0.1) is 12.0 Å². The Labute approximate surface area is 146 Å². The van der Waals surface area contributed by atoms with Crippen LogP contribution in [0.4, 0.5) is 0 Å². The summed E-state index contributed by atoms with van der Waals surface area (Å²) in [6.45, 7) is 4.36. The highest BCUT2D eigenvalue weighted by atomic mass is 16.3. The van der Waals surface area contributed by atoms with Gasteiger partial charge in [-0.3, -0.25) is 4.79 Å². The van der Waals surface area contributed by atoms with E-state index in [2.05, 4.69) is 22.7 Å². The lowest BCUT2D eigenvalue weighted by molar-refractivity contribution is 0.0946. The topological polar surface area (TPSA) is 72.1 Å². The molecule has 1 amide bonds. The maximum Gasteiger partial charge on any atom is 0.270 e. The van der Waals surface area contributed by atoms with E-state index in [1.165, 1.54) is 0 Å². The Bertz CT molecular complexity index is 794. The Morgan fingerprint density at radius 1 is 1.12 bits per heavy atom. The molecule has 0 bridgehead atoms. The maximum atomic E-state index is 12.6. The highest BCUT2D eigenvalue weighted by molar-refractivity contribution is 5.94. The number of carbonyl (C=O) groups is 1. The number of nitrogens with zero attached hydrogens (tertiary/aromatic N) is 2. The number of amides is 1. The lowest BCUT2D eigenvalue weighted by Crippen LogP contribution is -2.33. The number of para-hydroxylation sites is 1. The van der Waals surface area contributed by atoms with Gasteiger partial charge in [0.1, 0.15) is 11.4 Å². The van der Waals surface area contributed by atoms with E-state index in [4.69, 9.17) is 4.42 Å². The van der Waals surface area contributed by atoms with Gasteiger partial charge in [-0.15, -0.1) is 0 Å². The number of aromatic nitrogens is 2. The summed E-state index contributed by atoms with van der Waals surface area (Å²) in [7, 11) is 0. The van der Waals surface area contributed by atoms with Crippen LogP contribution in [0.15, 0.2) is 59.2 Å². The molecular formula is C19H22N4O2. The number of hydrogen-bond donors (Lipinski definition) is 2. The molecule has 1 aromatic carbocycles. The van der Waals surface area contributed by atoms with E-state index in [0.717, 1.165) is 25.2 Å². The quantitative estimate of drug-likeness (QED) is 0.620. The van der Waals surface area contributed by atoms with Crippen LogP contribution in [0.3, 0.4) is 0 Å². The first-order chi connectivity index (χ1) is 12.3. The zero-order valence-corrected chi connectivity index (χ0v) is 14.2. The van der Waals surface area contributed by atoms with E-state index in [-0.39, 0.29) is 5.91 Å². The molecule has 25 heavy (non-hydrogen) atoms. The van der Waals surface area contributed by atoms with E-state index in [9.17, 15) is 4.79 Å². The molecular weight excluding hydrogens is 316 g/mol. The highest BCUT2D eigenvalue weighted by Crippen LogP contribution is 2.22. The molecule has 0 atom stereocenters. The Morgan fingerprint density at radius 3 is 2.68 bits per heavy atom. The fraction of sp³-hybridized carbons (Fsp3) is 0.263. The fourth-order valence-corrected chi connectivity index (χ4v) is 2.51. The molecule has 0 saturated heterocycles. The average molecular weight is 338 g/mol. The van der Waals surface area contributed by atoms with E-state index >= 15 is 0 Å². The van der Waals surface area contributed by atoms with Crippen LogP contribution >= 0.6 is 0 Å². The second kappa shape index (κ2) is 8.30. The van der Waals surface area contributed by atoms with Gasteiger partial charge in [0.25, 0.3) is 5.91 Å². The monoisotopic (exact) mass is 338 g/mol. The molecule has 0 unspecified atom stereocenters. The first kappa shape index (κ1) is 17.0. The van der Waals surface area contributed by atoms with Gasteiger partial charge in [0.15, 0.2) is 5.76 Å². The minimum Gasteiger partial charge on any atom is -0.463 e. The van der Waals surface area contributed by atoms with Crippen molar-refractivity contribution in [1.82, 2.24) is 20.4 Å². The fourth-order valence-electron chi connectivity index (χ4n) is 2.51. The molecule has 0 spiro atoms. The molecule has 6 nitrogen and oxygen atoms in total. The molecule has 0 aliphatic heterocycles. The zero-order valence-electron chi connectivity index (χ0n) is 14.2. The molecule has 3 aromatic rings. The van der Waals surface area contributed by atoms with E-state index in [1.807, 2.05) is 36.4 Å². The van der Waals surface area contributed by atoms with Crippen molar-refractivity contribution in [3.63, 3.8) is 0 Å². The molecule has 2 N–H and O–H groups in total. The van der Waals surface area contributed by atoms with Gasteiger partial charge < -0.3 is 15.1 Å². The zero-order chi connectivity index (χ0) is 17.5. The Morgan fingerprint density at radius 2 is 1.96 bits per heavy atom. The van der Waals surface area contributed by atoms with Gasteiger partial charge in [-0.1, -0.05) is 25.1 Å². The smallest absolute Gasteiger partial charge is 0.270 e. The van der Waals surface area contributed by atoms with Crippen LogP contribution in [-0.4, -0.2) is 35.3 Å². The number of benzene rings is 1. The van der Waals surface area contributed by atoms with Crippen LogP contribution < -0.4 is 10.6 Å². The van der Waals surface area contributed by atoms with Gasteiger partial charge in [0, 0.05) is 19.2 Å². The number of nitrogens with one attached hydrogen (secondary N) is 2. The van der Waals surface area contributed by atoms with Crippen molar-refractivity contribution in [2.45, 2.75) is 13.3 Å². The van der Waals surface area contributed by atoms with Crippen molar-refractivity contribution in [2.24, 2.45) is 0 Å². The molecule has 0 aliphatic rings. The number of carbonyl (C=O) groups excluding carboxylic acids is 1. The summed E-state index contributed by atoms with van der Waals surface area (Å²) in [6, 6.07) is 15.0. The minimum atomic E-state index is -0.160. The summed E-state index contributed by atoms with van der Waals surface area (Å²) in [5.74, 6) is 0.473. The van der Waals surface area contributed by atoms with Crippen molar-refractivity contribution in [1.29, 1.82) is 0 Å². The van der Waals surface area contributed by atoms with Crippen molar-refractivity contribution in [3.05, 3.63) is 60.5 Å². The van der Waals surface area contributed by atoms with Crippen LogP contribution in [0.1, 0.15) is 23.8 Å². The Kier molecular flexibility index (Phi) is 5.64. The van der Waals surface area contributed by atoms with E-state index in [0.29, 0.717) is 23.7 Å². The first-order valence-electron chi connectivity index (χ1n) is 8.48. The highest BCUT2D eigenvalue weighted by Gasteiger charge is 2.18. The largest absolute Gasteiger partial charge is 0.463 e. The summed E-state index contributed by atoms with van der Waals surface area (Å²) in [4.78, 5) is 12.6. The number of furan rings is 1. The molecule has 2 heterocycles. The number of hydrogen-bond acceptors (Lipinski definition) is 4. The van der Waals surface area contributed by atoms with Gasteiger partial charge in [0.2, 0.25) is 0 Å². The van der Waals surface area contributed by atoms with Gasteiger partial charge in [-0.05, 0) is 37.2 Å². The van der Waals surface area contributed by atoms with Crippen LogP contribution in [0.2, 0.25) is 0 Å². The Hall–Kier alpha value is -2.86. The standard InChI is InChI=1S/C19H22N4O2/c1-2-10-20-11-12-21-19(24)17-14-16(18-9-6-13-25-18)22-23(17)15-7-4-3-5-8-15/h3-9,13-14,20H,2,10-12H2,1H3,(H,21,24). The summed E-state index contributed by atoms with van der Waals surface area (Å²) in [5, 5.41) is 10.7. The summed E-state index contributed by atoms with van der Waals surface area (Å²) in [6.07, 6.45) is 2.66. The predicted molar refractivity (Wildman–Crippen MR) is 96.8 cm³/mol. The van der Waals surface area contributed by atoms with Crippen molar-refractivity contribution in [2.75, 3.05) is 19.6 Å². The van der Waals surface area contributed by atoms with Crippen molar-refractivity contribution >= 4 is 5.91 Å². The second-order valence-corrected chi connectivity index (χ2v) is 5.65. The van der Waals surface area contributed by atoms with Gasteiger partial charge >= 0.3 is 0 Å². The van der Waals surface area contributed by atoms with Crippen LogP contribution in [0, 0.1) is 0 Å². The first-order valence-corrected chi connectivity index (χ1v) is 8.48. The second-order valence-electron chi connectivity index (χ2n) is 5.65. The maximum absolute atomic E-state index is 12.6. The Balaban J connectivity index is 1.82. The van der Waals surface area contributed by atoms with Crippen molar-refractivity contribution in [3.8, 4) is 17.1 Å². The molecule has 0 aliphatic carbocycles. The molecule has 130 valence electrons. The summed E-state index contributed by atoms with van der Waals surface area (Å²) >= 11 is 0. The third kappa shape index (κ3) is 4.16. The van der Waals surface area contributed by atoms with E-state index < -0.39 is 0 Å². The van der Waals surface area contributed by atoms with Gasteiger partial charge in [-0.25, -0.2) is 4.68 Å². The molecule has 0 saturated carbocycles. The third-order valence-electron chi connectivity index (χ3n) is 3.73. The SMILES string of the molecule is CCCNCCNC(=O)c1cc(-c2ccco2)nn1-c1ccccc1. The third-order valence-corrected chi connectivity index (χ3v) is 3.73. The van der Waals surface area contributed by atoms with E-state index in [1.54, 1.807) is 23.1 Å². The minimum absolute atomic E-state index is 0.160. The van der Waals surface area contributed by atoms with Gasteiger partial charge in [-0.2, -0.15) is 5.10 Å². The average Bonchev–Trinajstić information content (AvgIpc) is 3.31. The predicted octanol–water partition coefficient (Wildman–Crippen LogP) is 2.86. The molecule has 3 rings (SSSR count). The van der Waals surface area contributed by atoms with Crippen molar-refractivity contribution < 1.29 is 9.21 Å². The molecule has 0 fully saturated rings. The summed E-state index contributed by atoms with van der Waals surface area (Å²) < 4.78 is 7.06. The van der Waals surface area contributed by atoms with Crippen LogP contribution in [0.5, 0.6) is 0 Å². The number of rotatable bonds is 8. The lowest BCUT2D eigenvalue weighted by atomic mass is 10.2. The van der Waals surface area contributed by atoms with Crippen LogP contribution in [0.25, 0.3) is 17.1 Å². The molecule has 2 aromatic heterocycles. The molecule has 6 heteroatoms. The molecule has 0 radical (unpaired) electrons.